The van der Waals surface area contributed by atoms with Crippen molar-refractivity contribution in [2.45, 2.75) is 0 Å². The zero-order valence-electron chi connectivity index (χ0n) is 7.47. The van der Waals surface area contributed by atoms with Gasteiger partial charge in [0.05, 0.1) is 7.18 Å². The zero-order chi connectivity index (χ0) is 10.1. The van der Waals surface area contributed by atoms with E-state index in [1.54, 1.807) is 18.2 Å². The second-order valence-corrected chi connectivity index (χ2v) is 2.03. The summed E-state index contributed by atoms with van der Waals surface area (Å²) in [6.07, 6.45) is 1.72. The van der Waals surface area contributed by atoms with Gasteiger partial charge in [0.25, 0.3) is 0 Å². The van der Waals surface area contributed by atoms with Crippen LogP contribution in [0.15, 0.2) is 30.8 Å². The number of ether oxygens (including phenoxy) is 1. The van der Waals surface area contributed by atoms with E-state index in [9.17, 15) is 8.78 Å². The maximum atomic E-state index is 11.6. The minimum Gasteiger partial charge on any atom is -0.463 e. The molecule has 1 nitrogen and oxygen atoms in total. The Morgan fingerprint density at radius 2 is 1.85 bits per heavy atom. The topological polar surface area (TPSA) is 9.23 Å². The SMILES string of the molecule is C=Cc1ccc(OCF)cc1.CF. The van der Waals surface area contributed by atoms with Gasteiger partial charge in [-0.25, -0.2) is 4.39 Å². The van der Waals surface area contributed by atoms with E-state index in [2.05, 4.69) is 11.3 Å². The van der Waals surface area contributed by atoms with Gasteiger partial charge in [-0.15, -0.1) is 0 Å². The standard InChI is InChI=1S/C9H9FO.CH3F/c1-2-8-3-5-9(6-4-8)11-7-10;1-2/h2-6H,1,7H2;1H3. The lowest BCUT2D eigenvalue weighted by molar-refractivity contribution is 0.192. The molecule has 3 heteroatoms. The first-order valence-corrected chi connectivity index (χ1v) is 3.66. The number of halogens is 2. The van der Waals surface area contributed by atoms with E-state index in [4.69, 9.17) is 0 Å². The van der Waals surface area contributed by atoms with E-state index in [1.807, 2.05) is 12.1 Å². The monoisotopic (exact) mass is 186 g/mol. The highest BCUT2D eigenvalue weighted by Crippen LogP contribution is 2.12. The largest absolute Gasteiger partial charge is 0.463 e. The van der Waals surface area contributed by atoms with Crippen molar-refractivity contribution in [3.63, 3.8) is 0 Å². The van der Waals surface area contributed by atoms with Crippen molar-refractivity contribution in [1.29, 1.82) is 0 Å². The van der Waals surface area contributed by atoms with Crippen LogP contribution in [-0.2, 0) is 0 Å². The molecule has 0 spiro atoms. The first kappa shape index (κ1) is 11.6. The average molecular weight is 186 g/mol. The summed E-state index contributed by atoms with van der Waals surface area (Å²) in [6, 6.07) is 7.04. The lowest BCUT2D eigenvalue weighted by Crippen LogP contribution is -1.88. The third-order valence-corrected chi connectivity index (χ3v) is 1.34. The first-order valence-electron chi connectivity index (χ1n) is 3.66. The molecule has 0 saturated heterocycles. The molecule has 0 unspecified atom stereocenters. The quantitative estimate of drug-likeness (QED) is 0.704. The minimum atomic E-state index is -0.784. The van der Waals surface area contributed by atoms with Crippen LogP contribution in [0.2, 0.25) is 0 Å². The maximum Gasteiger partial charge on any atom is 0.228 e. The van der Waals surface area contributed by atoms with Gasteiger partial charge < -0.3 is 4.74 Å². The fourth-order valence-electron chi connectivity index (χ4n) is 0.763. The predicted octanol–water partition coefficient (Wildman–Crippen LogP) is 3.22. The molecule has 13 heavy (non-hydrogen) atoms. The normalized spacial score (nSPS) is 8.23. The summed E-state index contributed by atoms with van der Waals surface area (Å²) in [5, 5.41) is 0. The Morgan fingerprint density at radius 1 is 1.31 bits per heavy atom. The average Bonchev–Trinajstić information content (AvgIpc) is 2.23. The molecule has 0 aliphatic rings. The third kappa shape index (κ3) is 4.25. The van der Waals surface area contributed by atoms with E-state index < -0.39 is 6.86 Å². The highest BCUT2D eigenvalue weighted by molar-refractivity contribution is 5.48. The molecule has 0 aromatic heterocycles. The Balaban J connectivity index is 0.000000671. The number of rotatable bonds is 3. The highest BCUT2D eigenvalue weighted by atomic mass is 19.1. The van der Waals surface area contributed by atoms with Gasteiger partial charge in [-0.2, -0.15) is 0 Å². The Hall–Kier alpha value is -1.38. The molecule has 0 N–H and O–H groups in total. The van der Waals surface area contributed by atoms with Gasteiger partial charge in [0.2, 0.25) is 6.86 Å². The molecule has 0 atom stereocenters. The van der Waals surface area contributed by atoms with Crippen LogP contribution < -0.4 is 4.74 Å². The molecule has 0 aliphatic carbocycles. The van der Waals surface area contributed by atoms with Crippen molar-refractivity contribution in [2.24, 2.45) is 0 Å². The Kier molecular flexibility index (Phi) is 6.51. The third-order valence-electron chi connectivity index (χ3n) is 1.34. The van der Waals surface area contributed by atoms with E-state index in [-0.39, 0.29) is 0 Å². The smallest absolute Gasteiger partial charge is 0.228 e. The van der Waals surface area contributed by atoms with Crippen LogP contribution in [0.5, 0.6) is 5.75 Å². The molecule has 0 heterocycles. The van der Waals surface area contributed by atoms with Gasteiger partial charge in [0, 0.05) is 0 Å². The van der Waals surface area contributed by atoms with Gasteiger partial charge in [0.15, 0.2) is 0 Å². The molecule has 0 aliphatic heterocycles. The summed E-state index contributed by atoms with van der Waals surface area (Å²) in [5.74, 6) is 0.540. The second kappa shape index (κ2) is 7.28. The van der Waals surface area contributed by atoms with Crippen LogP contribution in [-0.4, -0.2) is 14.0 Å². The summed E-state index contributed by atoms with van der Waals surface area (Å²) in [6.45, 7) is 2.81. The fourth-order valence-corrected chi connectivity index (χ4v) is 0.763. The molecule has 1 aromatic rings. The Labute approximate surface area is 76.7 Å². The highest BCUT2D eigenvalue weighted by Gasteiger charge is 1.90. The molecule has 0 amide bonds. The lowest BCUT2D eigenvalue weighted by atomic mass is 10.2. The molecule has 0 bridgehead atoms. The molecular formula is C10H12F2O. The fraction of sp³-hybridized carbons (Fsp3) is 0.200. The summed E-state index contributed by atoms with van der Waals surface area (Å²) < 4.78 is 25.7. The van der Waals surface area contributed by atoms with E-state index in [1.165, 1.54) is 0 Å². The van der Waals surface area contributed by atoms with Crippen LogP contribution in [0.25, 0.3) is 6.08 Å². The molecule has 0 fully saturated rings. The predicted molar refractivity (Wildman–Crippen MR) is 50.2 cm³/mol. The van der Waals surface area contributed by atoms with E-state index in [0.717, 1.165) is 5.56 Å². The van der Waals surface area contributed by atoms with Gasteiger partial charge in [-0.05, 0) is 17.7 Å². The van der Waals surface area contributed by atoms with Crippen molar-refractivity contribution in [3.8, 4) is 5.75 Å². The first-order chi connectivity index (χ1) is 6.36. The molecule has 72 valence electrons. The van der Waals surface area contributed by atoms with Crippen molar-refractivity contribution in [2.75, 3.05) is 14.0 Å². The van der Waals surface area contributed by atoms with Crippen molar-refractivity contribution in [1.82, 2.24) is 0 Å². The maximum absolute atomic E-state index is 11.6. The van der Waals surface area contributed by atoms with Crippen LogP contribution >= 0.6 is 0 Å². The van der Waals surface area contributed by atoms with Gasteiger partial charge in [-0.1, -0.05) is 24.8 Å². The minimum absolute atomic E-state index is 0.500. The van der Waals surface area contributed by atoms with Crippen LogP contribution in [0, 0.1) is 0 Å². The zero-order valence-corrected chi connectivity index (χ0v) is 7.47. The number of alkyl halides is 2. The van der Waals surface area contributed by atoms with Crippen LogP contribution in [0.1, 0.15) is 5.56 Å². The molecule has 0 saturated carbocycles. The van der Waals surface area contributed by atoms with Crippen LogP contribution in [0.3, 0.4) is 0 Å². The van der Waals surface area contributed by atoms with Crippen molar-refractivity contribution < 1.29 is 13.5 Å². The number of hydrogen-bond donors (Lipinski definition) is 0. The Bertz CT molecular complexity index is 231. The van der Waals surface area contributed by atoms with E-state index in [0.29, 0.717) is 12.9 Å². The molecule has 1 rings (SSSR count). The van der Waals surface area contributed by atoms with Crippen molar-refractivity contribution >= 4 is 6.08 Å². The van der Waals surface area contributed by atoms with Gasteiger partial charge in [-0.3, -0.25) is 4.39 Å². The molecule has 0 radical (unpaired) electrons. The summed E-state index contributed by atoms with van der Waals surface area (Å²) in [7, 11) is 0.500. The molecular weight excluding hydrogens is 174 g/mol. The second-order valence-electron chi connectivity index (χ2n) is 2.03. The summed E-state index contributed by atoms with van der Waals surface area (Å²) in [4.78, 5) is 0. The summed E-state index contributed by atoms with van der Waals surface area (Å²) >= 11 is 0. The lowest BCUT2D eigenvalue weighted by Gasteiger charge is -1.99. The number of benzene rings is 1. The van der Waals surface area contributed by atoms with Crippen molar-refractivity contribution in [3.05, 3.63) is 36.4 Å². The van der Waals surface area contributed by atoms with Gasteiger partial charge >= 0.3 is 0 Å². The van der Waals surface area contributed by atoms with E-state index >= 15 is 0 Å². The van der Waals surface area contributed by atoms with Crippen LogP contribution in [0.4, 0.5) is 8.78 Å². The summed E-state index contributed by atoms with van der Waals surface area (Å²) in [5.41, 5.74) is 0.996. The molecule has 1 aromatic carbocycles. The number of hydrogen-bond acceptors (Lipinski definition) is 1. The Morgan fingerprint density at radius 3 is 2.23 bits per heavy atom. The van der Waals surface area contributed by atoms with Gasteiger partial charge in [0.1, 0.15) is 5.75 Å².